The predicted octanol–water partition coefficient (Wildman–Crippen LogP) is 2.82. The van der Waals surface area contributed by atoms with Crippen molar-refractivity contribution < 1.29 is 22.4 Å². The molecule has 3 aromatic rings. The second kappa shape index (κ2) is 7.91. The summed E-state index contributed by atoms with van der Waals surface area (Å²) in [5, 5.41) is 0. The van der Waals surface area contributed by atoms with Gasteiger partial charge in [-0.05, 0) is 37.4 Å². The smallest absolute Gasteiger partial charge is 0.368 e. The summed E-state index contributed by atoms with van der Waals surface area (Å²) in [5.74, 6) is -1.90. The number of hydrogen-bond donors (Lipinski definition) is 0. The molecule has 3 aliphatic rings. The first-order valence-electron chi connectivity index (χ1n) is 11.8. The highest BCUT2D eigenvalue weighted by molar-refractivity contribution is 5.92. The number of amides is 1. The molecule has 0 bridgehead atoms. The minimum atomic E-state index is -4.51. The first-order chi connectivity index (χ1) is 17.5. The third-order valence-corrected chi connectivity index (χ3v) is 7.54. The Kier molecular flexibility index (Phi) is 5.07. The van der Waals surface area contributed by atoms with Gasteiger partial charge >= 0.3 is 11.9 Å². The van der Waals surface area contributed by atoms with Gasteiger partial charge in [0.2, 0.25) is 0 Å². The lowest BCUT2D eigenvalue weighted by Gasteiger charge is -2.60. The van der Waals surface area contributed by atoms with E-state index in [0.29, 0.717) is 11.2 Å². The van der Waals surface area contributed by atoms with Gasteiger partial charge in [-0.15, -0.1) is 0 Å². The number of imidazole rings is 1. The summed E-state index contributed by atoms with van der Waals surface area (Å²) in [6.45, 7) is 6.87. The molecule has 6 rings (SSSR count). The zero-order valence-corrected chi connectivity index (χ0v) is 20.0. The molecule has 5 heterocycles. The molecule has 1 aromatic carbocycles. The van der Waals surface area contributed by atoms with Crippen LogP contribution in [0.25, 0.3) is 16.9 Å². The van der Waals surface area contributed by atoms with Gasteiger partial charge in [0.15, 0.2) is 11.5 Å². The van der Waals surface area contributed by atoms with E-state index in [9.17, 15) is 27.2 Å². The normalized spacial score (nSPS) is 19.6. The molecule has 37 heavy (non-hydrogen) atoms. The minimum absolute atomic E-state index is 0.108. The first kappa shape index (κ1) is 23.7. The topological polar surface area (TPSA) is 66.6 Å². The van der Waals surface area contributed by atoms with E-state index in [4.69, 9.17) is 0 Å². The van der Waals surface area contributed by atoms with Crippen molar-refractivity contribution in [1.82, 2.24) is 23.9 Å². The Labute approximate surface area is 209 Å². The highest BCUT2D eigenvalue weighted by atomic mass is 19.4. The van der Waals surface area contributed by atoms with E-state index >= 15 is 0 Å². The van der Waals surface area contributed by atoms with Crippen LogP contribution in [-0.2, 0) is 11.0 Å². The van der Waals surface area contributed by atoms with Crippen LogP contribution in [0.1, 0.15) is 11.6 Å². The lowest BCUT2D eigenvalue weighted by Crippen LogP contribution is -2.71. The SMILES string of the molecule is C=C(F)C(=O)N1CC(n2c(=O)n(-c3ccc(C(F)(F)F)cc3)c3nccc(N4CC5(CN(C)C5)C4)c32)C1. The molecule has 12 heteroatoms. The Bertz CT molecular complexity index is 1470. The molecule has 3 fully saturated rings. The number of carbonyl (C=O) groups excluding carboxylic acids is 1. The highest BCUT2D eigenvalue weighted by Crippen LogP contribution is 2.43. The number of fused-ring (bicyclic) bond motifs is 1. The Morgan fingerprint density at radius 1 is 1.08 bits per heavy atom. The van der Waals surface area contributed by atoms with Crippen LogP contribution in [0.2, 0.25) is 0 Å². The molecule has 0 atom stereocenters. The van der Waals surface area contributed by atoms with E-state index in [1.54, 1.807) is 6.20 Å². The molecule has 2 aromatic heterocycles. The fourth-order valence-electron chi connectivity index (χ4n) is 5.94. The fraction of sp³-hybridized carbons (Fsp3) is 0.400. The molecule has 3 saturated heterocycles. The second-order valence-electron chi connectivity index (χ2n) is 10.3. The van der Waals surface area contributed by atoms with E-state index < -0.39 is 35.2 Å². The summed E-state index contributed by atoms with van der Waals surface area (Å²) >= 11 is 0. The van der Waals surface area contributed by atoms with Crippen LogP contribution in [0.4, 0.5) is 23.2 Å². The van der Waals surface area contributed by atoms with E-state index in [0.717, 1.165) is 44.0 Å². The van der Waals surface area contributed by atoms with Gasteiger partial charge in [-0.1, -0.05) is 6.58 Å². The van der Waals surface area contributed by atoms with Crippen LogP contribution in [0.15, 0.2) is 53.7 Å². The summed E-state index contributed by atoms with van der Waals surface area (Å²) in [6, 6.07) is 5.73. The zero-order valence-electron chi connectivity index (χ0n) is 20.0. The molecular formula is C25H24F4N6O2. The van der Waals surface area contributed by atoms with Crippen LogP contribution in [-0.4, -0.2) is 76.1 Å². The Morgan fingerprint density at radius 3 is 2.30 bits per heavy atom. The van der Waals surface area contributed by atoms with E-state index in [-0.39, 0.29) is 24.2 Å². The van der Waals surface area contributed by atoms with Gasteiger partial charge < -0.3 is 14.7 Å². The minimum Gasteiger partial charge on any atom is -0.368 e. The van der Waals surface area contributed by atoms with Gasteiger partial charge in [0, 0.05) is 50.9 Å². The maximum atomic E-state index is 13.8. The van der Waals surface area contributed by atoms with Gasteiger partial charge in [0.05, 0.1) is 23.0 Å². The van der Waals surface area contributed by atoms with Crippen molar-refractivity contribution >= 4 is 22.8 Å². The molecule has 0 N–H and O–H groups in total. The zero-order chi connectivity index (χ0) is 26.3. The molecule has 0 radical (unpaired) electrons. The number of aromatic nitrogens is 3. The lowest BCUT2D eigenvalue weighted by atomic mass is 9.73. The van der Waals surface area contributed by atoms with Gasteiger partial charge in [-0.2, -0.15) is 13.2 Å². The van der Waals surface area contributed by atoms with Gasteiger partial charge in [0.1, 0.15) is 5.52 Å². The Hall–Kier alpha value is -3.67. The number of nitrogens with zero attached hydrogens (tertiary/aromatic N) is 6. The summed E-state index contributed by atoms with van der Waals surface area (Å²) < 4.78 is 55.6. The Balaban J connectivity index is 1.44. The molecule has 1 spiro atoms. The van der Waals surface area contributed by atoms with E-state index in [2.05, 4.69) is 28.4 Å². The average Bonchev–Trinajstić information content (AvgIpc) is 3.05. The summed E-state index contributed by atoms with van der Waals surface area (Å²) in [4.78, 5) is 35.9. The summed E-state index contributed by atoms with van der Waals surface area (Å²) in [5.41, 5.74) is 0.818. The number of likely N-dealkylation sites (tertiary alicyclic amines) is 2. The first-order valence-corrected chi connectivity index (χ1v) is 11.8. The molecule has 194 valence electrons. The number of carbonyl (C=O) groups is 1. The summed E-state index contributed by atoms with van der Waals surface area (Å²) in [7, 11) is 2.07. The maximum Gasteiger partial charge on any atom is 0.416 e. The van der Waals surface area contributed by atoms with Crippen LogP contribution in [0.5, 0.6) is 0 Å². The van der Waals surface area contributed by atoms with Crippen molar-refractivity contribution in [2.75, 3.05) is 51.2 Å². The largest absolute Gasteiger partial charge is 0.416 e. The average molecular weight is 516 g/mol. The molecule has 1 amide bonds. The maximum absolute atomic E-state index is 13.8. The van der Waals surface area contributed by atoms with E-state index in [1.807, 2.05) is 6.07 Å². The van der Waals surface area contributed by atoms with Crippen LogP contribution in [0.3, 0.4) is 0 Å². The fourth-order valence-corrected chi connectivity index (χ4v) is 5.94. The van der Waals surface area contributed by atoms with Crippen LogP contribution >= 0.6 is 0 Å². The van der Waals surface area contributed by atoms with E-state index in [1.165, 1.54) is 26.2 Å². The molecule has 0 unspecified atom stereocenters. The number of rotatable bonds is 4. The standard InChI is InChI=1S/C25H24F4N6O2/c1-15(26)22(36)32-9-18(10-32)34-20-19(33-13-24(14-33)11-31(2)12-24)7-8-30-21(20)35(23(34)37)17-5-3-16(4-6-17)25(27,28)29/h3-8,18H,1,9-14H2,2H3. The number of anilines is 1. The number of alkyl halides is 3. The van der Waals surface area contributed by atoms with Crippen molar-refractivity contribution in [2.24, 2.45) is 5.41 Å². The quantitative estimate of drug-likeness (QED) is 0.394. The molecule has 0 aliphatic carbocycles. The van der Waals surface area contributed by atoms with Gasteiger partial charge in [0.25, 0.3) is 5.91 Å². The van der Waals surface area contributed by atoms with Crippen LogP contribution < -0.4 is 10.6 Å². The van der Waals surface area contributed by atoms with Gasteiger partial charge in [-0.3, -0.25) is 9.36 Å². The number of benzene rings is 1. The Morgan fingerprint density at radius 2 is 1.73 bits per heavy atom. The molecular weight excluding hydrogens is 492 g/mol. The third kappa shape index (κ3) is 3.64. The number of halogens is 4. The summed E-state index contributed by atoms with van der Waals surface area (Å²) in [6.07, 6.45) is -2.92. The molecule has 8 nitrogen and oxygen atoms in total. The number of pyridine rings is 1. The van der Waals surface area contributed by atoms with Crippen molar-refractivity contribution in [1.29, 1.82) is 0 Å². The van der Waals surface area contributed by atoms with Crippen molar-refractivity contribution in [3.63, 3.8) is 0 Å². The monoisotopic (exact) mass is 516 g/mol. The van der Waals surface area contributed by atoms with Crippen molar-refractivity contribution in [3.05, 3.63) is 65.0 Å². The molecule has 0 saturated carbocycles. The second-order valence-corrected chi connectivity index (χ2v) is 10.3. The van der Waals surface area contributed by atoms with Crippen molar-refractivity contribution in [3.8, 4) is 5.69 Å². The number of hydrogen-bond acceptors (Lipinski definition) is 5. The van der Waals surface area contributed by atoms with Gasteiger partial charge in [-0.25, -0.2) is 18.7 Å². The predicted molar refractivity (Wildman–Crippen MR) is 128 cm³/mol. The van der Waals surface area contributed by atoms with Crippen molar-refractivity contribution in [2.45, 2.75) is 12.2 Å². The lowest BCUT2D eigenvalue weighted by molar-refractivity contribution is -0.137. The molecule has 3 aliphatic heterocycles. The highest BCUT2D eigenvalue weighted by Gasteiger charge is 2.51. The van der Waals surface area contributed by atoms with Crippen LogP contribution in [0, 0.1) is 5.41 Å². The third-order valence-electron chi connectivity index (χ3n) is 7.54.